The highest BCUT2D eigenvalue weighted by Crippen LogP contribution is 2.17. The predicted molar refractivity (Wildman–Crippen MR) is 161 cm³/mol. The van der Waals surface area contributed by atoms with Crippen LogP contribution in [0.4, 0.5) is 4.39 Å². The van der Waals surface area contributed by atoms with Crippen LogP contribution in [0.25, 0.3) is 0 Å². The van der Waals surface area contributed by atoms with E-state index in [2.05, 4.69) is 5.32 Å². The van der Waals surface area contributed by atoms with Crippen molar-refractivity contribution < 1.29 is 27.1 Å². The van der Waals surface area contributed by atoms with Crippen LogP contribution in [0.5, 0.6) is 0 Å². The third-order valence-electron chi connectivity index (χ3n) is 6.59. The summed E-state index contributed by atoms with van der Waals surface area (Å²) in [6.45, 7) is 4.22. The summed E-state index contributed by atoms with van der Waals surface area (Å²) in [6, 6.07) is 23.0. The van der Waals surface area contributed by atoms with Crippen molar-refractivity contribution in [2.75, 3.05) is 26.0 Å². The largest absolute Gasteiger partial charge is 0.379 e. The Balaban J connectivity index is 1.92. The van der Waals surface area contributed by atoms with Crippen molar-refractivity contribution in [3.63, 3.8) is 0 Å². The van der Waals surface area contributed by atoms with Gasteiger partial charge in [-0.3, -0.25) is 9.59 Å². The fourth-order valence-electron chi connectivity index (χ4n) is 4.38. The van der Waals surface area contributed by atoms with E-state index in [1.165, 1.54) is 17.0 Å². The average molecular weight is 598 g/mol. The van der Waals surface area contributed by atoms with Gasteiger partial charge in [0.05, 0.1) is 18.9 Å². The van der Waals surface area contributed by atoms with E-state index in [4.69, 9.17) is 4.74 Å². The van der Waals surface area contributed by atoms with Gasteiger partial charge in [0.25, 0.3) is 0 Å². The minimum Gasteiger partial charge on any atom is -0.379 e. The van der Waals surface area contributed by atoms with E-state index in [0.717, 1.165) is 21.7 Å². The smallest absolute Gasteiger partial charge is 0.243 e. The molecule has 0 bridgehead atoms. The molecule has 3 rings (SSSR count). The summed E-state index contributed by atoms with van der Waals surface area (Å²) < 4.78 is 45.9. The third kappa shape index (κ3) is 11.0. The van der Waals surface area contributed by atoms with E-state index in [-0.39, 0.29) is 31.5 Å². The monoisotopic (exact) mass is 597 g/mol. The molecule has 0 heterocycles. The minimum absolute atomic E-state index is 0.00119. The molecule has 226 valence electrons. The van der Waals surface area contributed by atoms with Crippen LogP contribution in [0.1, 0.15) is 37.0 Å². The van der Waals surface area contributed by atoms with Gasteiger partial charge in [-0.15, -0.1) is 0 Å². The lowest BCUT2D eigenvalue weighted by Crippen LogP contribution is -2.53. The summed E-state index contributed by atoms with van der Waals surface area (Å²) in [7, 11) is -3.78. The Hall–Kier alpha value is -3.60. The van der Waals surface area contributed by atoms with Gasteiger partial charge in [-0.25, -0.2) is 12.8 Å². The van der Waals surface area contributed by atoms with Crippen LogP contribution in [-0.4, -0.2) is 67.5 Å². The standard InChI is InChI=1S/C32H40FN3O5S/c1-25(2)41-20-10-19-34-32(38)30(21-26-11-6-4-7-12-26)36(23-28-15-17-29(33)18-16-28)31(37)24-35(42(3,39)40)22-27-13-8-5-9-14-27/h4-9,11-18,25,30H,10,19-24H2,1-3H3,(H,34,38)/t30-/m1/s1. The van der Waals surface area contributed by atoms with Crippen molar-refractivity contribution in [3.05, 3.63) is 107 Å². The molecule has 3 aromatic carbocycles. The second kappa shape index (κ2) is 16.1. The number of halogens is 1. The van der Waals surface area contributed by atoms with Crippen molar-refractivity contribution in [1.82, 2.24) is 14.5 Å². The molecule has 0 aromatic heterocycles. The van der Waals surface area contributed by atoms with Gasteiger partial charge in [-0.1, -0.05) is 72.8 Å². The first-order valence-electron chi connectivity index (χ1n) is 14.0. The summed E-state index contributed by atoms with van der Waals surface area (Å²) in [5, 5.41) is 2.93. The van der Waals surface area contributed by atoms with Crippen LogP contribution in [0.15, 0.2) is 84.9 Å². The number of hydrogen-bond donors (Lipinski definition) is 1. The van der Waals surface area contributed by atoms with Crippen LogP contribution < -0.4 is 5.32 Å². The van der Waals surface area contributed by atoms with E-state index in [9.17, 15) is 22.4 Å². The molecular formula is C32H40FN3O5S. The number of hydrogen-bond acceptors (Lipinski definition) is 5. The number of nitrogens with zero attached hydrogens (tertiary/aromatic N) is 2. The van der Waals surface area contributed by atoms with Crippen LogP contribution in [0, 0.1) is 5.82 Å². The Bertz CT molecular complexity index is 1370. The van der Waals surface area contributed by atoms with Gasteiger partial charge in [0, 0.05) is 32.7 Å². The lowest BCUT2D eigenvalue weighted by atomic mass is 10.0. The molecule has 0 aliphatic heterocycles. The lowest BCUT2D eigenvalue weighted by Gasteiger charge is -2.33. The zero-order valence-corrected chi connectivity index (χ0v) is 25.2. The molecule has 0 spiro atoms. The molecule has 0 saturated heterocycles. The summed E-state index contributed by atoms with van der Waals surface area (Å²) in [5.41, 5.74) is 2.17. The molecule has 10 heteroatoms. The Kier molecular flexibility index (Phi) is 12.7. The van der Waals surface area contributed by atoms with Gasteiger partial charge in [-0.2, -0.15) is 4.31 Å². The maximum absolute atomic E-state index is 14.0. The quantitative estimate of drug-likeness (QED) is 0.250. The summed E-state index contributed by atoms with van der Waals surface area (Å²) in [4.78, 5) is 29.1. The van der Waals surface area contributed by atoms with Crippen molar-refractivity contribution >= 4 is 21.8 Å². The molecule has 0 aliphatic carbocycles. The van der Waals surface area contributed by atoms with E-state index in [0.29, 0.717) is 25.1 Å². The minimum atomic E-state index is -3.78. The van der Waals surface area contributed by atoms with Crippen LogP contribution in [0.2, 0.25) is 0 Å². The summed E-state index contributed by atoms with van der Waals surface area (Å²) in [5.74, 6) is -1.34. The van der Waals surface area contributed by atoms with Crippen LogP contribution >= 0.6 is 0 Å². The van der Waals surface area contributed by atoms with Crippen LogP contribution in [0.3, 0.4) is 0 Å². The van der Waals surface area contributed by atoms with Crippen molar-refractivity contribution in [1.29, 1.82) is 0 Å². The first-order valence-corrected chi connectivity index (χ1v) is 15.8. The maximum Gasteiger partial charge on any atom is 0.243 e. The van der Waals surface area contributed by atoms with Crippen molar-refractivity contribution in [3.8, 4) is 0 Å². The summed E-state index contributed by atoms with van der Waals surface area (Å²) >= 11 is 0. The Morgan fingerprint density at radius 3 is 2.00 bits per heavy atom. The van der Waals surface area contributed by atoms with E-state index in [1.54, 1.807) is 36.4 Å². The topological polar surface area (TPSA) is 96.0 Å². The van der Waals surface area contributed by atoms with Gasteiger partial charge < -0.3 is 15.0 Å². The Labute approximate surface area is 248 Å². The fourth-order valence-corrected chi connectivity index (χ4v) is 5.11. The van der Waals surface area contributed by atoms with Gasteiger partial charge in [0.15, 0.2) is 0 Å². The normalized spacial score (nSPS) is 12.3. The second-order valence-electron chi connectivity index (χ2n) is 10.4. The molecule has 2 amide bonds. The molecule has 3 aromatic rings. The molecule has 0 fully saturated rings. The van der Waals surface area contributed by atoms with E-state index < -0.39 is 34.3 Å². The number of ether oxygens (including phenoxy) is 1. The van der Waals surface area contributed by atoms with Crippen LogP contribution in [-0.2, 0) is 43.9 Å². The van der Waals surface area contributed by atoms with Crippen molar-refractivity contribution in [2.45, 2.75) is 51.9 Å². The van der Waals surface area contributed by atoms with Crippen molar-refractivity contribution in [2.24, 2.45) is 0 Å². The highest BCUT2D eigenvalue weighted by Gasteiger charge is 2.32. The van der Waals surface area contributed by atoms with E-state index >= 15 is 0 Å². The van der Waals surface area contributed by atoms with Gasteiger partial charge in [0.1, 0.15) is 11.9 Å². The highest BCUT2D eigenvalue weighted by atomic mass is 32.2. The predicted octanol–water partition coefficient (Wildman–Crippen LogP) is 4.16. The molecular weight excluding hydrogens is 557 g/mol. The third-order valence-corrected chi connectivity index (χ3v) is 7.79. The number of rotatable bonds is 16. The molecule has 0 radical (unpaired) electrons. The molecule has 42 heavy (non-hydrogen) atoms. The van der Waals surface area contributed by atoms with Gasteiger partial charge in [0.2, 0.25) is 21.8 Å². The number of nitrogens with one attached hydrogen (secondary N) is 1. The second-order valence-corrected chi connectivity index (χ2v) is 12.4. The Morgan fingerprint density at radius 1 is 0.857 bits per heavy atom. The SMILES string of the molecule is CC(C)OCCCNC(=O)[C@@H](Cc1ccccc1)N(Cc1ccc(F)cc1)C(=O)CN(Cc1ccccc1)S(C)(=O)=O. The lowest BCUT2D eigenvalue weighted by molar-refractivity contribution is -0.141. The number of sulfonamides is 1. The molecule has 0 saturated carbocycles. The zero-order chi connectivity index (χ0) is 30.5. The summed E-state index contributed by atoms with van der Waals surface area (Å²) in [6.07, 6.45) is 1.93. The molecule has 0 unspecified atom stereocenters. The van der Waals surface area contributed by atoms with E-state index in [1.807, 2.05) is 50.2 Å². The fraction of sp³-hybridized carbons (Fsp3) is 0.375. The molecule has 1 atom stereocenters. The Morgan fingerprint density at radius 2 is 1.43 bits per heavy atom. The van der Waals surface area contributed by atoms with Gasteiger partial charge in [-0.05, 0) is 49.1 Å². The van der Waals surface area contributed by atoms with Gasteiger partial charge >= 0.3 is 0 Å². The number of carbonyl (C=O) groups is 2. The first kappa shape index (κ1) is 32.9. The molecule has 1 N–H and O–H groups in total. The number of benzene rings is 3. The first-order chi connectivity index (χ1) is 20.0. The number of amides is 2. The highest BCUT2D eigenvalue weighted by molar-refractivity contribution is 7.88. The zero-order valence-electron chi connectivity index (χ0n) is 24.4. The number of carbonyl (C=O) groups excluding carboxylic acids is 2. The maximum atomic E-state index is 14.0. The molecule has 0 aliphatic rings. The molecule has 8 nitrogen and oxygen atoms in total. The average Bonchev–Trinajstić information content (AvgIpc) is 2.95.